The number of hydrogen-bond acceptors (Lipinski definition) is 4. The lowest BCUT2D eigenvalue weighted by atomic mass is 9.78. The quantitative estimate of drug-likeness (QED) is 0.391. The second-order valence-electron chi connectivity index (χ2n) is 8.07. The van der Waals surface area contributed by atoms with Gasteiger partial charge in [-0.1, -0.05) is 41.5 Å². The molecule has 132 valence electrons. The largest absolute Gasteiger partial charge is 0.507 e. The predicted molar refractivity (Wildman–Crippen MR) is 96.2 cm³/mol. The lowest BCUT2D eigenvalue weighted by Crippen LogP contribution is -2.18. The topological polar surface area (TPSA) is 63.6 Å². The molecule has 1 N–H and O–H groups in total. The van der Waals surface area contributed by atoms with Crippen molar-refractivity contribution >= 4 is 17.8 Å². The van der Waals surface area contributed by atoms with E-state index in [9.17, 15) is 14.7 Å². The first-order valence-electron chi connectivity index (χ1n) is 7.98. The van der Waals surface area contributed by atoms with Gasteiger partial charge in [0, 0.05) is 11.1 Å². The van der Waals surface area contributed by atoms with E-state index in [4.69, 9.17) is 0 Å². The van der Waals surface area contributed by atoms with Gasteiger partial charge in [0.25, 0.3) is 0 Å². The van der Waals surface area contributed by atoms with Gasteiger partial charge in [0.2, 0.25) is 0 Å². The van der Waals surface area contributed by atoms with Gasteiger partial charge in [-0.2, -0.15) is 0 Å². The fourth-order valence-corrected chi connectivity index (χ4v) is 2.46. The lowest BCUT2D eigenvalue weighted by Gasteiger charge is -2.28. The van der Waals surface area contributed by atoms with Gasteiger partial charge in [-0.15, -0.1) is 0 Å². The maximum atomic E-state index is 11.8. The third kappa shape index (κ3) is 4.47. The average Bonchev–Trinajstić information content (AvgIpc) is 2.42. The summed E-state index contributed by atoms with van der Waals surface area (Å²) >= 11 is 0. The van der Waals surface area contributed by atoms with E-state index >= 15 is 0 Å². The molecule has 1 aromatic rings. The molecule has 1 rings (SSSR count). The Hall–Kier alpha value is -2.10. The summed E-state index contributed by atoms with van der Waals surface area (Å²) in [6.07, 6.45) is 1.53. The van der Waals surface area contributed by atoms with Crippen molar-refractivity contribution in [3.63, 3.8) is 0 Å². The van der Waals surface area contributed by atoms with Crippen LogP contribution in [0.15, 0.2) is 17.7 Å². The zero-order valence-electron chi connectivity index (χ0n) is 15.9. The molecular weight excluding hydrogens is 304 g/mol. The van der Waals surface area contributed by atoms with Crippen molar-refractivity contribution in [1.29, 1.82) is 0 Å². The summed E-state index contributed by atoms with van der Waals surface area (Å²) in [6.45, 7) is 13.4. The minimum atomic E-state index is -0.662. The molecule has 4 nitrogen and oxygen atoms in total. The number of benzene rings is 1. The van der Waals surface area contributed by atoms with Crippen LogP contribution in [0.3, 0.4) is 0 Å². The number of esters is 1. The number of carbonyl (C=O) groups excluding carboxylic acids is 2. The molecule has 0 bridgehead atoms. The molecule has 0 radical (unpaired) electrons. The monoisotopic (exact) mass is 332 g/mol. The van der Waals surface area contributed by atoms with Crippen molar-refractivity contribution < 1.29 is 19.4 Å². The van der Waals surface area contributed by atoms with Crippen LogP contribution in [-0.2, 0) is 25.2 Å². The first kappa shape index (κ1) is 19.9. The molecule has 0 aromatic heterocycles. The summed E-state index contributed by atoms with van der Waals surface area (Å²) in [5.74, 6) is -0.760. The second kappa shape index (κ2) is 6.80. The molecule has 1 aromatic carbocycles. The van der Waals surface area contributed by atoms with Gasteiger partial charge in [0.1, 0.15) is 11.3 Å². The summed E-state index contributed by atoms with van der Waals surface area (Å²) in [5.41, 5.74) is 1.66. The number of ether oxygens (including phenoxy) is 1. The Bertz CT molecular complexity index is 648. The molecular formula is C20H28O4. The van der Waals surface area contributed by atoms with Gasteiger partial charge >= 0.3 is 5.97 Å². The standard InChI is InChI=1S/C20H28O4/c1-12(21)14(18(23)24-8)9-13-10-15(19(2,3)4)17(22)16(11-13)20(5,6)7/h9-11,22H,1-8H3. The minimum absolute atomic E-state index is 0.0112. The summed E-state index contributed by atoms with van der Waals surface area (Å²) < 4.78 is 4.69. The van der Waals surface area contributed by atoms with Gasteiger partial charge in [0.05, 0.1) is 7.11 Å². The Morgan fingerprint density at radius 1 is 1.00 bits per heavy atom. The van der Waals surface area contributed by atoms with Crippen molar-refractivity contribution in [2.24, 2.45) is 0 Å². The van der Waals surface area contributed by atoms with Crippen LogP contribution in [0.25, 0.3) is 6.08 Å². The molecule has 0 atom stereocenters. The first-order valence-corrected chi connectivity index (χ1v) is 7.98. The van der Waals surface area contributed by atoms with E-state index in [1.54, 1.807) is 0 Å². The molecule has 0 aliphatic heterocycles. The highest BCUT2D eigenvalue weighted by Gasteiger charge is 2.26. The van der Waals surface area contributed by atoms with Crippen molar-refractivity contribution in [2.45, 2.75) is 59.3 Å². The number of phenolic OH excluding ortho intramolecular Hbond substituents is 1. The van der Waals surface area contributed by atoms with Crippen molar-refractivity contribution in [2.75, 3.05) is 7.11 Å². The summed E-state index contributed by atoms with van der Waals surface area (Å²) in [6, 6.07) is 3.63. The van der Waals surface area contributed by atoms with Gasteiger partial charge in [-0.25, -0.2) is 4.79 Å². The van der Waals surface area contributed by atoms with Crippen LogP contribution in [0.4, 0.5) is 0 Å². The van der Waals surface area contributed by atoms with Crippen LogP contribution in [0.2, 0.25) is 0 Å². The fourth-order valence-electron chi connectivity index (χ4n) is 2.46. The molecule has 24 heavy (non-hydrogen) atoms. The Balaban J connectivity index is 3.72. The van der Waals surface area contributed by atoms with Crippen LogP contribution < -0.4 is 0 Å². The normalized spacial score (nSPS) is 12.9. The Kier molecular flexibility index (Phi) is 5.65. The van der Waals surface area contributed by atoms with Crippen LogP contribution in [0.5, 0.6) is 5.75 Å². The van der Waals surface area contributed by atoms with Gasteiger partial charge < -0.3 is 9.84 Å². The summed E-state index contributed by atoms with van der Waals surface area (Å²) in [7, 11) is 1.25. The number of carbonyl (C=O) groups is 2. The highest BCUT2D eigenvalue weighted by Crippen LogP contribution is 2.40. The molecule has 4 heteroatoms. The third-order valence-electron chi connectivity index (χ3n) is 3.84. The van der Waals surface area contributed by atoms with Crippen LogP contribution in [0, 0.1) is 0 Å². The number of Topliss-reactive ketones (excluding diaryl/α,β-unsaturated/α-hetero) is 1. The number of hydrogen-bond donors (Lipinski definition) is 1. The average molecular weight is 332 g/mol. The SMILES string of the molecule is COC(=O)C(=Cc1cc(C(C)(C)C)c(O)c(C(C)(C)C)c1)C(C)=O. The molecule has 0 amide bonds. The van der Waals surface area contributed by atoms with E-state index in [0.717, 1.165) is 11.1 Å². The number of aromatic hydroxyl groups is 1. The Morgan fingerprint density at radius 3 is 1.71 bits per heavy atom. The number of methoxy groups -OCH3 is 1. The second-order valence-corrected chi connectivity index (χ2v) is 8.07. The first-order chi connectivity index (χ1) is 10.8. The van der Waals surface area contributed by atoms with E-state index in [2.05, 4.69) is 4.74 Å². The zero-order chi connectivity index (χ0) is 18.9. The smallest absolute Gasteiger partial charge is 0.341 e. The van der Waals surface area contributed by atoms with E-state index in [1.807, 2.05) is 53.7 Å². The van der Waals surface area contributed by atoms with Gasteiger partial charge in [-0.05, 0) is 41.5 Å². The van der Waals surface area contributed by atoms with Crippen LogP contribution >= 0.6 is 0 Å². The lowest BCUT2D eigenvalue weighted by molar-refractivity contribution is -0.137. The Labute approximate surface area is 144 Å². The summed E-state index contributed by atoms with van der Waals surface area (Å²) in [4.78, 5) is 23.6. The zero-order valence-corrected chi connectivity index (χ0v) is 15.9. The van der Waals surface area contributed by atoms with Crippen molar-refractivity contribution in [3.05, 3.63) is 34.4 Å². The van der Waals surface area contributed by atoms with E-state index < -0.39 is 5.97 Å². The van der Waals surface area contributed by atoms with E-state index in [1.165, 1.54) is 20.1 Å². The number of rotatable bonds is 3. The highest BCUT2D eigenvalue weighted by atomic mass is 16.5. The van der Waals surface area contributed by atoms with Gasteiger partial charge in [-0.3, -0.25) is 4.79 Å². The van der Waals surface area contributed by atoms with Crippen LogP contribution in [-0.4, -0.2) is 24.0 Å². The van der Waals surface area contributed by atoms with E-state index in [0.29, 0.717) is 5.56 Å². The fraction of sp³-hybridized carbons (Fsp3) is 0.500. The number of phenols is 1. The summed E-state index contributed by atoms with van der Waals surface area (Å²) in [5, 5.41) is 10.7. The molecule has 0 heterocycles. The minimum Gasteiger partial charge on any atom is -0.507 e. The third-order valence-corrected chi connectivity index (χ3v) is 3.84. The van der Waals surface area contributed by atoms with Crippen molar-refractivity contribution in [1.82, 2.24) is 0 Å². The molecule has 0 saturated carbocycles. The molecule has 0 unspecified atom stereocenters. The molecule has 0 aliphatic rings. The molecule has 0 saturated heterocycles. The molecule has 0 aliphatic carbocycles. The van der Waals surface area contributed by atoms with Gasteiger partial charge in [0.15, 0.2) is 5.78 Å². The number of ketones is 1. The maximum Gasteiger partial charge on any atom is 0.341 e. The molecule has 0 fully saturated rings. The Morgan fingerprint density at radius 2 is 1.42 bits per heavy atom. The van der Waals surface area contributed by atoms with Crippen LogP contribution in [0.1, 0.15) is 65.2 Å². The highest BCUT2D eigenvalue weighted by molar-refractivity contribution is 6.19. The maximum absolute atomic E-state index is 11.8. The van der Waals surface area contributed by atoms with E-state index in [-0.39, 0.29) is 27.9 Å². The van der Waals surface area contributed by atoms with Crippen molar-refractivity contribution in [3.8, 4) is 5.75 Å². The molecule has 0 spiro atoms. The predicted octanol–water partition coefficient (Wildman–Crippen LogP) is 4.13.